The Labute approximate surface area is 189 Å². The van der Waals surface area contributed by atoms with E-state index in [0.29, 0.717) is 18.3 Å². The van der Waals surface area contributed by atoms with Crippen molar-refractivity contribution in [2.75, 3.05) is 0 Å². The lowest BCUT2D eigenvalue weighted by atomic mass is 9.90. The summed E-state index contributed by atoms with van der Waals surface area (Å²) >= 11 is 0. The van der Waals surface area contributed by atoms with Gasteiger partial charge in [-0.3, -0.25) is 4.79 Å². The molecule has 2 fully saturated rings. The summed E-state index contributed by atoms with van der Waals surface area (Å²) in [5.74, 6) is 0.422. The first-order valence-corrected chi connectivity index (χ1v) is 13.0. The van der Waals surface area contributed by atoms with E-state index in [9.17, 15) is 15.0 Å². The van der Waals surface area contributed by atoms with E-state index >= 15 is 0 Å². The van der Waals surface area contributed by atoms with Crippen LogP contribution in [-0.2, 0) is 4.79 Å². The van der Waals surface area contributed by atoms with Crippen LogP contribution in [0.5, 0.6) is 0 Å². The molecule has 0 unspecified atom stereocenters. The zero-order valence-corrected chi connectivity index (χ0v) is 19.7. The smallest absolute Gasteiger partial charge is 0.303 e. The minimum atomic E-state index is -0.726. The highest BCUT2D eigenvalue weighted by Crippen LogP contribution is 2.50. The molecule has 0 amide bonds. The van der Waals surface area contributed by atoms with Crippen molar-refractivity contribution < 1.29 is 20.1 Å². The summed E-state index contributed by atoms with van der Waals surface area (Å²) in [6.45, 7) is 2.25. The van der Waals surface area contributed by atoms with Crippen molar-refractivity contribution in [3.8, 4) is 0 Å². The average Bonchev–Trinajstić information content (AvgIpc) is 3.24. The van der Waals surface area contributed by atoms with E-state index in [1.807, 2.05) is 6.08 Å². The molecule has 178 valence electrons. The van der Waals surface area contributed by atoms with Crippen molar-refractivity contribution in [3.05, 3.63) is 23.8 Å². The molecule has 0 aromatic rings. The number of carboxylic acid groups (broad SMARTS) is 1. The van der Waals surface area contributed by atoms with E-state index in [1.165, 1.54) is 56.9 Å². The van der Waals surface area contributed by atoms with E-state index in [1.54, 1.807) is 0 Å². The van der Waals surface area contributed by atoms with Crippen LogP contribution < -0.4 is 0 Å². The SMILES string of the molecule is CCCCCCCCCCC[C@@H](O)/C=C/[C@@H]1[C@H]2C/C(=C/CCCC(=O)O)C[C@@H]2C[C@H]1O. The van der Waals surface area contributed by atoms with Gasteiger partial charge in [0.1, 0.15) is 0 Å². The topological polar surface area (TPSA) is 77.8 Å². The normalized spacial score (nSPS) is 27.9. The molecule has 0 aliphatic heterocycles. The Morgan fingerprint density at radius 1 is 1.03 bits per heavy atom. The van der Waals surface area contributed by atoms with Crippen molar-refractivity contribution in [3.63, 3.8) is 0 Å². The highest BCUT2D eigenvalue weighted by Gasteiger charge is 2.44. The monoisotopic (exact) mass is 434 g/mol. The molecule has 4 heteroatoms. The van der Waals surface area contributed by atoms with Gasteiger partial charge in [0.05, 0.1) is 12.2 Å². The van der Waals surface area contributed by atoms with E-state index in [2.05, 4.69) is 19.1 Å². The van der Waals surface area contributed by atoms with Gasteiger partial charge in [-0.25, -0.2) is 0 Å². The number of carbonyl (C=O) groups is 1. The van der Waals surface area contributed by atoms with Crippen LogP contribution >= 0.6 is 0 Å². The van der Waals surface area contributed by atoms with Crippen molar-refractivity contribution in [1.82, 2.24) is 0 Å². The van der Waals surface area contributed by atoms with E-state index in [0.717, 1.165) is 38.5 Å². The minimum absolute atomic E-state index is 0.146. The van der Waals surface area contributed by atoms with Crippen molar-refractivity contribution in [2.45, 2.75) is 122 Å². The number of carboxylic acids is 1. The Bertz CT molecular complexity index is 568. The van der Waals surface area contributed by atoms with Crippen molar-refractivity contribution in [2.24, 2.45) is 17.8 Å². The fourth-order valence-corrected chi connectivity index (χ4v) is 5.52. The maximum absolute atomic E-state index is 10.6. The number of aliphatic hydroxyl groups excluding tert-OH is 2. The lowest BCUT2D eigenvalue weighted by Crippen LogP contribution is -2.17. The molecule has 2 rings (SSSR count). The van der Waals surface area contributed by atoms with Crippen molar-refractivity contribution >= 4 is 5.97 Å². The molecule has 2 aliphatic carbocycles. The Hall–Kier alpha value is -1.13. The van der Waals surface area contributed by atoms with Gasteiger partial charge in [0.2, 0.25) is 0 Å². The summed E-state index contributed by atoms with van der Waals surface area (Å²) in [6, 6.07) is 0. The second-order valence-electron chi connectivity index (χ2n) is 9.93. The van der Waals surface area contributed by atoms with Crippen LogP contribution in [0.3, 0.4) is 0 Å². The molecule has 0 bridgehead atoms. The molecule has 0 saturated heterocycles. The quantitative estimate of drug-likeness (QED) is 0.194. The Morgan fingerprint density at radius 3 is 2.39 bits per heavy atom. The molecule has 0 radical (unpaired) electrons. The molecule has 0 heterocycles. The van der Waals surface area contributed by atoms with Crippen LogP contribution in [0.1, 0.15) is 110 Å². The molecule has 0 spiro atoms. The van der Waals surface area contributed by atoms with Gasteiger partial charge in [-0.1, -0.05) is 88.5 Å². The van der Waals surface area contributed by atoms with Gasteiger partial charge >= 0.3 is 5.97 Å². The second-order valence-corrected chi connectivity index (χ2v) is 9.93. The molecule has 4 nitrogen and oxygen atoms in total. The molecule has 0 aromatic carbocycles. The first-order chi connectivity index (χ1) is 15.0. The first kappa shape index (κ1) is 26.1. The molecule has 2 saturated carbocycles. The summed E-state index contributed by atoms with van der Waals surface area (Å²) in [7, 11) is 0. The zero-order chi connectivity index (χ0) is 22.5. The average molecular weight is 435 g/mol. The molecular formula is C27H46O4. The number of aliphatic hydroxyl groups is 2. The van der Waals surface area contributed by atoms with Gasteiger partial charge in [-0.2, -0.15) is 0 Å². The predicted molar refractivity (Wildman–Crippen MR) is 127 cm³/mol. The van der Waals surface area contributed by atoms with Crippen LogP contribution in [0, 0.1) is 17.8 Å². The van der Waals surface area contributed by atoms with Gasteiger partial charge < -0.3 is 15.3 Å². The molecule has 3 N–H and O–H groups in total. The zero-order valence-electron chi connectivity index (χ0n) is 19.7. The summed E-state index contributed by atoms with van der Waals surface area (Å²) in [5.41, 5.74) is 1.43. The molecular weight excluding hydrogens is 388 g/mol. The number of unbranched alkanes of at least 4 members (excludes halogenated alkanes) is 9. The number of aliphatic carboxylic acids is 1. The van der Waals surface area contributed by atoms with Gasteiger partial charge in [0.25, 0.3) is 0 Å². The fraction of sp³-hybridized carbons (Fsp3) is 0.815. The van der Waals surface area contributed by atoms with E-state index in [4.69, 9.17) is 5.11 Å². The maximum Gasteiger partial charge on any atom is 0.303 e. The summed E-state index contributed by atoms with van der Waals surface area (Å²) in [6.07, 6.45) is 22.6. The van der Waals surface area contributed by atoms with Crippen molar-refractivity contribution in [1.29, 1.82) is 0 Å². The van der Waals surface area contributed by atoms with Crippen LogP contribution in [0.2, 0.25) is 0 Å². The third-order valence-corrected chi connectivity index (χ3v) is 7.30. The number of rotatable bonds is 16. The summed E-state index contributed by atoms with van der Waals surface area (Å²) in [5, 5.41) is 29.6. The maximum atomic E-state index is 10.6. The second kappa shape index (κ2) is 14.8. The van der Waals surface area contributed by atoms with Crippen LogP contribution in [0.15, 0.2) is 23.8 Å². The summed E-state index contributed by atoms with van der Waals surface area (Å²) < 4.78 is 0. The molecule has 2 aliphatic rings. The molecule has 0 aromatic heterocycles. The van der Waals surface area contributed by atoms with E-state index < -0.39 is 12.1 Å². The molecule has 31 heavy (non-hydrogen) atoms. The largest absolute Gasteiger partial charge is 0.481 e. The predicted octanol–water partition coefficient (Wildman–Crippen LogP) is 6.41. The lowest BCUT2D eigenvalue weighted by molar-refractivity contribution is -0.137. The number of fused-ring (bicyclic) bond motifs is 1. The fourth-order valence-electron chi connectivity index (χ4n) is 5.52. The number of hydrogen-bond donors (Lipinski definition) is 3. The third kappa shape index (κ3) is 9.91. The Morgan fingerprint density at radius 2 is 1.71 bits per heavy atom. The van der Waals surface area contributed by atoms with Gasteiger partial charge in [0.15, 0.2) is 0 Å². The first-order valence-electron chi connectivity index (χ1n) is 13.0. The van der Waals surface area contributed by atoms with Gasteiger partial charge in [-0.05, 0) is 50.4 Å². The van der Waals surface area contributed by atoms with Gasteiger partial charge in [-0.15, -0.1) is 0 Å². The Balaban J connectivity index is 1.63. The van der Waals surface area contributed by atoms with Gasteiger partial charge in [0, 0.05) is 12.3 Å². The standard InChI is InChI=1S/C27H46O4/c1-2-3-4-5-6-7-8-9-10-14-23(28)16-17-24-25-19-21(13-11-12-15-27(30)31)18-22(25)20-26(24)29/h13,16-17,22-26,28-29H,2-12,14-15,18-20H2,1H3,(H,30,31)/b17-16+,21-13+/t22-,23-,24-,25+,26-/m1/s1. The van der Waals surface area contributed by atoms with Crippen LogP contribution in [-0.4, -0.2) is 33.5 Å². The van der Waals surface area contributed by atoms with Crippen LogP contribution in [0.4, 0.5) is 0 Å². The number of hydrogen-bond acceptors (Lipinski definition) is 3. The summed E-state index contributed by atoms with van der Waals surface area (Å²) in [4.78, 5) is 10.6. The highest BCUT2D eigenvalue weighted by atomic mass is 16.4. The third-order valence-electron chi connectivity index (χ3n) is 7.30. The molecule has 5 atom stereocenters. The van der Waals surface area contributed by atoms with E-state index in [-0.39, 0.29) is 18.4 Å². The number of allylic oxidation sites excluding steroid dienone is 2. The Kier molecular flexibility index (Phi) is 12.5. The minimum Gasteiger partial charge on any atom is -0.481 e. The van der Waals surface area contributed by atoms with Crippen LogP contribution in [0.25, 0.3) is 0 Å². The highest BCUT2D eigenvalue weighted by molar-refractivity contribution is 5.66. The lowest BCUT2D eigenvalue weighted by Gasteiger charge is -2.17.